The summed E-state index contributed by atoms with van der Waals surface area (Å²) in [6.07, 6.45) is 0. The van der Waals surface area contributed by atoms with Crippen LogP contribution < -0.4 is 5.32 Å². The Labute approximate surface area is 100 Å². The quantitative estimate of drug-likeness (QED) is 0.645. The molecular formula is C12H17NO4. The lowest BCUT2D eigenvalue weighted by Crippen LogP contribution is -2.35. The summed E-state index contributed by atoms with van der Waals surface area (Å²) in [4.78, 5) is 10.6. The number of aliphatic hydroxyl groups is 1. The molecule has 0 spiro atoms. The van der Waals surface area contributed by atoms with Gasteiger partial charge < -0.3 is 20.3 Å². The summed E-state index contributed by atoms with van der Waals surface area (Å²) in [5.41, 5.74) is 1.23. The number of carbonyl (C=O) groups is 1. The number of aromatic carboxylic acids is 1. The van der Waals surface area contributed by atoms with Gasteiger partial charge in [0.2, 0.25) is 0 Å². The first-order chi connectivity index (χ1) is 8.17. The lowest BCUT2D eigenvalue weighted by Gasteiger charge is -2.15. The normalized spacial score (nSPS) is 12.4. The van der Waals surface area contributed by atoms with Crippen molar-refractivity contribution in [2.75, 3.05) is 20.3 Å². The van der Waals surface area contributed by atoms with Crippen molar-refractivity contribution in [3.8, 4) is 0 Å². The van der Waals surface area contributed by atoms with Crippen LogP contribution in [0.5, 0.6) is 0 Å². The Balaban J connectivity index is 2.48. The van der Waals surface area contributed by atoms with E-state index in [0.717, 1.165) is 5.56 Å². The second-order valence-corrected chi connectivity index (χ2v) is 3.72. The van der Waals surface area contributed by atoms with Crippen molar-refractivity contribution in [1.29, 1.82) is 0 Å². The summed E-state index contributed by atoms with van der Waals surface area (Å²) in [6, 6.07) is 6.50. The molecule has 1 aromatic rings. The van der Waals surface area contributed by atoms with Crippen molar-refractivity contribution < 1.29 is 19.7 Å². The molecule has 0 saturated carbocycles. The van der Waals surface area contributed by atoms with Crippen LogP contribution in [0.25, 0.3) is 0 Å². The molecule has 17 heavy (non-hydrogen) atoms. The third-order valence-corrected chi connectivity index (χ3v) is 2.38. The summed E-state index contributed by atoms with van der Waals surface area (Å²) in [5, 5.41) is 20.9. The van der Waals surface area contributed by atoms with E-state index < -0.39 is 5.97 Å². The molecule has 94 valence electrons. The topological polar surface area (TPSA) is 78.8 Å². The number of nitrogens with one attached hydrogen (secondary N) is 1. The molecular weight excluding hydrogens is 222 g/mol. The third-order valence-electron chi connectivity index (χ3n) is 2.38. The maximum absolute atomic E-state index is 10.6. The Morgan fingerprint density at radius 2 is 2.06 bits per heavy atom. The Morgan fingerprint density at radius 1 is 1.41 bits per heavy atom. The van der Waals surface area contributed by atoms with Crippen LogP contribution >= 0.6 is 0 Å². The Kier molecular flexibility index (Phi) is 5.62. The Bertz CT molecular complexity index is 350. The molecule has 0 aliphatic heterocycles. The summed E-state index contributed by atoms with van der Waals surface area (Å²) in [5.74, 6) is -0.933. The highest BCUT2D eigenvalue weighted by atomic mass is 16.5. The van der Waals surface area contributed by atoms with Crippen LogP contribution in [0.3, 0.4) is 0 Å². The van der Waals surface area contributed by atoms with E-state index in [0.29, 0.717) is 13.2 Å². The van der Waals surface area contributed by atoms with Gasteiger partial charge in [-0.3, -0.25) is 0 Å². The van der Waals surface area contributed by atoms with Crippen molar-refractivity contribution in [3.05, 3.63) is 35.4 Å². The molecule has 0 heterocycles. The van der Waals surface area contributed by atoms with E-state index >= 15 is 0 Å². The van der Waals surface area contributed by atoms with Crippen LogP contribution in [0, 0.1) is 0 Å². The summed E-state index contributed by atoms with van der Waals surface area (Å²) >= 11 is 0. The van der Waals surface area contributed by atoms with Crippen LogP contribution in [0.2, 0.25) is 0 Å². The van der Waals surface area contributed by atoms with Crippen molar-refractivity contribution >= 4 is 5.97 Å². The van der Waals surface area contributed by atoms with Crippen molar-refractivity contribution in [1.82, 2.24) is 5.32 Å². The maximum atomic E-state index is 10.6. The number of carboxylic acid groups (broad SMARTS) is 1. The van der Waals surface area contributed by atoms with Crippen LogP contribution in [-0.4, -0.2) is 42.5 Å². The van der Waals surface area contributed by atoms with E-state index in [2.05, 4.69) is 5.32 Å². The van der Waals surface area contributed by atoms with Gasteiger partial charge >= 0.3 is 5.97 Å². The summed E-state index contributed by atoms with van der Waals surface area (Å²) in [7, 11) is 1.58. The van der Waals surface area contributed by atoms with E-state index in [-0.39, 0.29) is 18.2 Å². The monoisotopic (exact) mass is 239 g/mol. The molecule has 1 atom stereocenters. The maximum Gasteiger partial charge on any atom is 0.335 e. The highest BCUT2D eigenvalue weighted by Crippen LogP contribution is 2.04. The molecule has 0 saturated heterocycles. The van der Waals surface area contributed by atoms with Crippen LogP contribution in [0.15, 0.2) is 24.3 Å². The van der Waals surface area contributed by atoms with Gasteiger partial charge in [0.25, 0.3) is 0 Å². The number of rotatable bonds is 7. The number of methoxy groups -OCH3 is 1. The molecule has 5 heteroatoms. The first-order valence-corrected chi connectivity index (χ1v) is 5.32. The molecule has 1 unspecified atom stereocenters. The average Bonchev–Trinajstić information content (AvgIpc) is 2.35. The van der Waals surface area contributed by atoms with Crippen molar-refractivity contribution in [3.63, 3.8) is 0 Å². The van der Waals surface area contributed by atoms with Gasteiger partial charge in [0.15, 0.2) is 0 Å². The zero-order chi connectivity index (χ0) is 12.7. The zero-order valence-electron chi connectivity index (χ0n) is 9.72. The predicted octanol–water partition coefficient (Wildman–Crippen LogP) is 0.482. The molecule has 0 bridgehead atoms. The minimum absolute atomic E-state index is 0.00104. The predicted molar refractivity (Wildman–Crippen MR) is 63.0 cm³/mol. The number of benzene rings is 1. The molecule has 0 aromatic heterocycles. The molecule has 3 N–H and O–H groups in total. The van der Waals surface area contributed by atoms with Gasteiger partial charge in [-0.1, -0.05) is 12.1 Å². The lowest BCUT2D eigenvalue weighted by atomic mass is 10.1. The zero-order valence-corrected chi connectivity index (χ0v) is 9.72. The van der Waals surface area contributed by atoms with E-state index in [1.165, 1.54) is 0 Å². The van der Waals surface area contributed by atoms with Gasteiger partial charge in [-0.05, 0) is 17.7 Å². The molecule has 0 radical (unpaired) electrons. The van der Waals surface area contributed by atoms with Crippen molar-refractivity contribution in [2.45, 2.75) is 12.6 Å². The highest BCUT2D eigenvalue weighted by Gasteiger charge is 2.06. The van der Waals surface area contributed by atoms with Crippen LogP contribution in [-0.2, 0) is 11.3 Å². The minimum atomic E-state index is -0.933. The summed E-state index contributed by atoms with van der Waals surface area (Å²) < 4.78 is 4.93. The fourth-order valence-electron chi connectivity index (χ4n) is 1.40. The van der Waals surface area contributed by atoms with Gasteiger partial charge in [-0.15, -0.1) is 0 Å². The number of aliphatic hydroxyl groups excluding tert-OH is 1. The molecule has 0 aliphatic rings. The Morgan fingerprint density at radius 3 is 2.53 bits per heavy atom. The number of ether oxygens (including phenoxy) is 1. The molecule has 1 rings (SSSR count). The van der Waals surface area contributed by atoms with Gasteiger partial charge in [-0.2, -0.15) is 0 Å². The van der Waals surface area contributed by atoms with Crippen LogP contribution in [0.4, 0.5) is 0 Å². The molecule has 5 nitrogen and oxygen atoms in total. The van der Waals surface area contributed by atoms with Gasteiger partial charge in [-0.25, -0.2) is 4.79 Å². The smallest absolute Gasteiger partial charge is 0.335 e. The number of hydrogen-bond acceptors (Lipinski definition) is 4. The first-order valence-electron chi connectivity index (χ1n) is 5.32. The van der Waals surface area contributed by atoms with E-state index in [1.54, 1.807) is 31.4 Å². The molecule has 0 fully saturated rings. The fourth-order valence-corrected chi connectivity index (χ4v) is 1.40. The van der Waals surface area contributed by atoms with Gasteiger partial charge in [0.1, 0.15) is 0 Å². The highest BCUT2D eigenvalue weighted by molar-refractivity contribution is 5.87. The molecule has 1 aromatic carbocycles. The van der Waals surface area contributed by atoms with Gasteiger partial charge in [0, 0.05) is 13.7 Å². The SMILES string of the molecule is COCC(CO)NCc1ccc(C(=O)O)cc1. The van der Waals surface area contributed by atoms with Gasteiger partial charge in [0.05, 0.1) is 24.8 Å². The number of hydrogen-bond donors (Lipinski definition) is 3. The standard InChI is InChI=1S/C12H17NO4/c1-17-8-11(7-14)13-6-9-2-4-10(5-3-9)12(15)16/h2-5,11,13-14H,6-8H2,1H3,(H,15,16). The second-order valence-electron chi connectivity index (χ2n) is 3.72. The van der Waals surface area contributed by atoms with E-state index in [9.17, 15) is 4.79 Å². The Hall–Kier alpha value is -1.43. The molecule has 0 amide bonds. The largest absolute Gasteiger partial charge is 0.478 e. The average molecular weight is 239 g/mol. The van der Waals surface area contributed by atoms with Crippen molar-refractivity contribution in [2.24, 2.45) is 0 Å². The molecule has 0 aliphatic carbocycles. The van der Waals surface area contributed by atoms with Crippen LogP contribution in [0.1, 0.15) is 15.9 Å². The second kappa shape index (κ2) is 7.01. The first kappa shape index (κ1) is 13.6. The summed E-state index contributed by atoms with van der Waals surface area (Å²) in [6.45, 7) is 0.999. The minimum Gasteiger partial charge on any atom is -0.478 e. The number of carboxylic acids is 1. The lowest BCUT2D eigenvalue weighted by molar-refractivity contribution is 0.0697. The third kappa shape index (κ3) is 4.52. The van der Waals surface area contributed by atoms with E-state index in [4.69, 9.17) is 14.9 Å². The van der Waals surface area contributed by atoms with E-state index in [1.807, 2.05) is 0 Å². The fraction of sp³-hybridized carbons (Fsp3) is 0.417.